The van der Waals surface area contributed by atoms with E-state index in [-0.39, 0.29) is 10.1 Å². The molecule has 108 valence electrons. The zero-order valence-electron chi connectivity index (χ0n) is 8.79. The van der Waals surface area contributed by atoms with Crippen LogP contribution in [0.25, 0.3) is 0 Å². The molecule has 2 fully saturated rings. The normalized spacial score (nSPS) is 58.9. The first-order chi connectivity index (χ1) is 8.54. The summed E-state index contributed by atoms with van der Waals surface area (Å²) in [4.78, 5) is -2.77. The van der Waals surface area contributed by atoms with E-state index in [1.807, 2.05) is 0 Å². The van der Waals surface area contributed by atoms with Crippen molar-refractivity contribution in [2.75, 3.05) is 0 Å². The van der Waals surface area contributed by atoms with Crippen LogP contribution in [0, 0.1) is 11.8 Å². The van der Waals surface area contributed by atoms with Crippen LogP contribution in [-0.2, 0) is 0 Å². The SMILES string of the molecule is ClC1=C(Cl)[C@]2(Cl)C3C([C@H](Cl)C(Cl)[C@@H]3Cl)[C@@]1(Cl)C2(Cl)Cl. The van der Waals surface area contributed by atoms with Crippen LogP contribution in [0.15, 0.2) is 10.1 Å². The highest BCUT2D eigenvalue weighted by atomic mass is 35.5. The first-order valence-electron chi connectivity index (χ1n) is 5.28. The highest BCUT2D eigenvalue weighted by Crippen LogP contribution is 2.79. The molecule has 2 bridgehead atoms. The second-order valence-corrected chi connectivity index (χ2v) is 9.80. The summed E-state index contributed by atoms with van der Waals surface area (Å²) in [6.07, 6.45) is 0. The predicted molar refractivity (Wildman–Crippen MR) is 86.2 cm³/mol. The van der Waals surface area contributed by atoms with Crippen LogP contribution in [0.4, 0.5) is 0 Å². The number of hydrogen-bond acceptors (Lipinski definition) is 0. The minimum atomic E-state index is -1.61. The average molecular weight is 444 g/mol. The lowest BCUT2D eigenvalue weighted by Crippen LogP contribution is -2.48. The Labute approximate surface area is 155 Å². The van der Waals surface area contributed by atoms with Crippen LogP contribution >= 0.6 is 104 Å². The molecule has 3 aliphatic carbocycles. The molecule has 0 nitrogen and oxygen atoms in total. The summed E-state index contributed by atoms with van der Waals surface area (Å²) in [6, 6.07) is 0. The number of rotatable bonds is 0. The number of hydrogen-bond donors (Lipinski definition) is 0. The Morgan fingerprint density at radius 1 is 0.632 bits per heavy atom. The minimum absolute atomic E-state index is 0.123. The maximum Gasteiger partial charge on any atom is 0.166 e. The topological polar surface area (TPSA) is 0 Å². The van der Waals surface area contributed by atoms with E-state index < -0.39 is 42.0 Å². The lowest BCUT2D eigenvalue weighted by atomic mass is 9.84. The molecule has 0 aliphatic heterocycles. The fourth-order valence-electron chi connectivity index (χ4n) is 3.47. The molecule has 3 unspecified atom stereocenters. The van der Waals surface area contributed by atoms with E-state index in [4.69, 9.17) is 104 Å². The summed E-state index contributed by atoms with van der Waals surface area (Å²) in [5.41, 5.74) is 0. The van der Waals surface area contributed by atoms with Gasteiger partial charge in [0.15, 0.2) is 4.33 Å². The van der Waals surface area contributed by atoms with E-state index in [2.05, 4.69) is 0 Å². The van der Waals surface area contributed by atoms with Gasteiger partial charge in [-0.1, -0.05) is 46.4 Å². The van der Waals surface area contributed by atoms with E-state index in [0.29, 0.717) is 0 Å². The zero-order chi connectivity index (χ0) is 14.5. The monoisotopic (exact) mass is 440 g/mol. The van der Waals surface area contributed by atoms with Crippen LogP contribution in [0.5, 0.6) is 0 Å². The van der Waals surface area contributed by atoms with Crippen LogP contribution < -0.4 is 0 Å². The van der Waals surface area contributed by atoms with Crippen LogP contribution in [-0.4, -0.2) is 30.2 Å². The maximum absolute atomic E-state index is 6.63. The van der Waals surface area contributed by atoms with Gasteiger partial charge < -0.3 is 0 Å². The Bertz CT molecular complexity index is 447. The van der Waals surface area contributed by atoms with Gasteiger partial charge in [-0.3, -0.25) is 0 Å². The second-order valence-electron chi connectivity index (χ2n) is 5.01. The van der Waals surface area contributed by atoms with Crippen molar-refractivity contribution in [2.24, 2.45) is 11.8 Å². The number of halogens is 9. The second kappa shape index (κ2) is 4.46. The van der Waals surface area contributed by atoms with Crippen molar-refractivity contribution >= 4 is 104 Å². The molecule has 0 spiro atoms. The summed E-state index contributed by atoms with van der Waals surface area (Å²) in [5, 5.41) is -1.38. The third-order valence-corrected chi connectivity index (χ3v) is 10.5. The smallest absolute Gasteiger partial charge is 0.121 e. The minimum Gasteiger partial charge on any atom is -0.121 e. The first-order valence-corrected chi connectivity index (χ1v) is 8.86. The lowest BCUT2D eigenvalue weighted by molar-refractivity contribution is 0.388. The molecule has 9 heteroatoms. The van der Waals surface area contributed by atoms with Gasteiger partial charge in [-0.2, -0.15) is 0 Å². The lowest BCUT2D eigenvalue weighted by Gasteiger charge is -2.35. The molecule has 0 heterocycles. The van der Waals surface area contributed by atoms with Crippen LogP contribution in [0.1, 0.15) is 0 Å². The van der Waals surface area contributed by atoms with Crippen molar-refractivity contribution in [1.82, 2.24) is 0 Å². The van der Waals surface area contributed by atoms with Crippen molar-refractivity contribution in [3.05, 3.63) is 10.1 Å². The first kappa shape index (κ1) is 16.2. The van der Waals surface area contributed by atoms with Crippen LogP contribution in [0.2, 0.25) is 0 Å². The Hall–Kier alpha value is 2.35. The Morgan fingerprint density at radius 2 is 0.947 bits per heavy atom. The molecular formula is C10H5Cl9. The molecule has 0 aromatic rings. The average Bonchev–Trinajstić information content (AvgIpc) is 2.69. The van der Waals surface area contributed by atoms with E-state index in [1.54, 1.807) is 0 Å². The van der Waals surface area contributed by atoms with Crippen molar-refractivity contribution < 1.29 is 0 Å². The highest BCUT2D eigenvalue weighted by Gasteiger charge is 2.86. The third-order valence-electron chi connectivity index (χ3n) is 4.35. The molecule has 7 atom stereocenters. The molecule has 0 amide bonds. The van der Waals surface area contributed by atoms with Gasteiger partial charge in [-0.05, 0) is 0 Å². The number of allylic oxidation sites excluding steroid dienone is 2. The van der Waals surface area contributed by atoms with Gasteiger partial charge >= 0.3 is 0 Å². The Balaban J connectivity index is 2.29. The van der Waals surface area contributed by atoms with Gasteiger partial charge in [-0.15, -0.1) is 58.0 Å². The standard InChI is InChI=1S/C10H5Cl9/c11-3-1-2(4(12)5(3)13)9(17)7(15)6(14)8(1,16)10(9,18)19/h1-5H/t1?,2?,3-,4+,5?,8-,9+. The van der Waals surface area contributed by atoms with E-state index in [0.717, 1.165) is 0 Å². The molecular weight excluding hydrogens is 439 g/mol. The molecule has 0 aromatic heterocycles. The summed E-state index contributed by atoms with van der Waals surface area (Å²) in [7, 11) is 0. The largest absolute Gasteiger partial charge is 0.166 e. The summed E-state index contributed by atoms with van der Waals surface area (Å²) in [5.74, 6) is -0.910. The molecule has 19 heavy (non-hydrogen) atoms. The van der Waals surface area contributed by atoms with Crippen molar-refractivity contribution in [3.63, 3.8) is 0 Å². The van der Waals surface area contributed by atoms with Gasteiger partial charge in [0.25, 0.3) is 0 Å². The molecule has 2 saturated carbocycles. The van der Waals surface area contributed by atoms with Gasteiger partial charge in [0.1, 0.15) is 9.75 Å². The van der Waals surface area contributed by atoms with Crippen LogP contribution in [0.3, 0.4) is 0 Å². The highest BCUT2D eigenvalue weighted by molar-refractivity contribution is 6.66. The summed E-state index contributed by atoms with van der Waals surface area (Å²) in [6.45, 7) is 0. The number of alkyl halides is 7. The molecule has 3 rings (SSSR count). The van der Waals surface area contributed by atoms with E-state index in [9.17, 15) is 0 Å². The Kier molecular flexibility index (Phi) is 3.80. The van der Waals surface area contributed by atoms with Gasteiger partial charge in [0, 0.05) is 11.8 Å². The predicted octanol–water partition coefficient (Wildman–Crippen LogP) is 5.90. The third kappa shape index (κ3) is 1.47. The fraction of sp³-hybridized carbons (Fsp3) is 0.800. The fourth-order valence-corrected chi connectivity index (χ4v) is 8.08. The maximum atomic E-state index is 6.63. The van der Waals surface area contributed by atoms with Crippen molar-refractivity contribution in [1.29, 1.82) is 0 Å². The molecule has 0 N–H and O–H groups in total. The number of fused-ring (bicyclic) bond motifs is 5. The Morgan fingerprint density at radius 3 is 1.26 bits per heavy atom. The van der Waals surface area contributed by atoms with Gasteiger partial charge in [0.2, 0.25) is 0 Å². The van der Waals surface area contributed by atoms with Crippen molar-refractivity contribution in [2.45, 2.75) is 30.2 Å². The van der Waals surface area contributed by atoms with E-state index in [1.165, 1.54) is 0 Å². The molecule has 0 aromatic carbocycles. The van der Waals surface area contributed by atoms with Crippen molar-refractivity contribution in [3.8, 4) is 0 Å². The summed E-state index contributed by atoms with van der Waals surface area (Å²) >= 11 is 57.4. The molecule has 0 radical (unpaired) electrons. The van der Waals surface area contributed by atoms with Gasteiger partial charge in [0.05, 0.1) is 26.2 Å². The quantitative estimate of drug-likeness (QED) is 0.409. The zero-order valence-corrected chi connectivity index (χ0v) is 15.6. The molecule has 3 aliphatic rings. The van der Waals surface area contributed by atoms with Gasteiger partial charge in [-0.25, -0.2) is 0 Å². The molecule has 0 saturated heterocycles. The summed E-state index contributed by atoms with van der Waals surface area (Å²) < 4.78 is -1.61. The van der Waals surface area contributed by atoms with E-state index >= 15 is 0 Å².